The SMILES string of the molecule is O=c1oc2ccccc2c2ccc(-n3c4ccccc4c4c3ccc3c5ccccc5n(-c5ccc6c(c5)c5ccccc5n6-c5ccccc5)c34)cc12. The van der Waals surface area contributed by atoms with E-state index >= 15 is 0 Å². The van der Waals surface area contributed by atoms with Crippen LogP contribution < -0.4 is 5.63 Å². The molecule has 5 nitrogen and oxygen atoms in total. The van der Waals surface area contributed by atoms with Crippen molar-refractivity contribution in [3.63, 3.8) is 0 Å². The number of hydrogen-bond donors (Lipinski definition) is 0. The van der Waals surface area contributed by atoms with Crippen LogP contribution in [0.1, 0.15) is 0 Å². The van der Waals surface area contributed by atoms with Gasteiger partial charge in [0, 0.05) is 60.2 Å². The second-order valence-electron chi connectivity index (χ2n) is 14.1. The zero-order valence-electron chi connectivity index (χ0n) is 28.9. The summed E-state index contributed by atoms with van der Waals surface area (Å²) in [6.07, 6.45) is 0. The quantitative estimate of drug-likeness (QED) is 0.137. The van der Waals surface area contributed by atoms with Crippen LogP contribution in [-0.2, 0) is 0 Å². The molecular weight excluding hydrogens is 663 g/mol. The molecule has 4 heterocycles. The molecular formula is C49H29N3O2. The van der Waals surface area contributed by atoms with Crippen molar-refractivity contribution in [2.75, 3.05) is 0 Å². The Hall–Kier alpha value is -7.37. The predicted molar refractivity (Wildman–Crippen MR) is 223 cm³/mol. The Morgan fingerprint density at radius 1 is 0.333 bits per heavy atom. The number of para-hydroxylation sites is 5. The van der Waals surface area contributed by atoms with Crippen LogP contribution in [0.25, 0.3) is 104 Å². The summed E-state index contributed by atoms with van der Waals surface area (Å²) >= 11 is 0. The number of benzene rings is 8. The smallest absolute Gasteiger partial charge is 0.344 e. The molecule has 8 aromatic carbocycles. The lowest BCUT2D eigenvalue weighted by molar-refractivity contribution is 0.569. The summed E-state index contributed by atoms with van der Waals surface area (Å²) in [6, 6.07) is 61.8. The molecule has 0 radical (unpaired) electrons. The van der Waals surface area contributed by atoms with Gasteiger partial charge in [0.1, 0.15) is 5.58 Å². The van der Waals surface area contributed by atoms with Gasteiger partial charge in [-0.15, -0.1) is 0 Å². The van der Waals surface area contributed by atoms with Crippen LogP contribution >= 0.6 is 0 Å². The van der Waals surface area contributed by atoms with Gasteiger partial charge in [-0.2, -0.15) is 0 Å². The molecule has 0 atom stereocenters. The van der Waals surface area contributed by atoms with Crippen LogP contribution in [0.5, 0.6) is 0 Å². The first-order valence-corrected chi connectivity index (χ1v) is 18.2. The van der Waals surface area contributed by atoms with E-state index in [2.05, 4.69) is 159 Å². The maximum Gasteiger partial charge on any atom is 0.344 e. The van der Waals surface area contributed by atoms with E-state index in [1.807, 2.05) is 30.3 Å². The van der Waals surface area contributed by atoms with Gasteiger partial charge in [0.05, 0.1) is 38.5 Å². The van der Waals surface area contributed by atoms with Crippen molar-refractivity contribution in [3.8, 4) is 17.1 Å². The molecule has 0 N–H and O–H groups in total. The standard InChI is InChI=1S/C49H29N3O2/c53-49-40-29-31(22-24-33(40)36-16-7-11-21-46(36)54-49)51-43-20-10-6-17-38(43)47-45(51)27-25-37-34-14-4-9-19-42(34)52(48(37)47)32-23-26-44-39(28-32)35-15-5-8-18-41(35)50(44)30-12-2-1-3-13-30/h1-29H. The Balaban J connectivity index is 1.18. The van der Waals surface area contributed by atoms with E-state index in [0.717, 1.165) is 60.7 Å². The highest BCUT2D eigenvalue weighted by molar-refractivity contribution is 6.26. The van der Waals surface area contributed by atoms with E-state index in [1.54, 1.807) is 0 Å². The number of hydrogen-bond acceptors (Lipinski definition) is 2. The van der Waals surface area contributed by atoms with Crippen LogP contribution in [0.15, 0.2) is 185 Å². The third-order valence-electron chi connectivity index (χ3n) is 11.3. The number of nitrogens with zero attached hydrogens (tertiary/aromatic N) is 3. The maximum atomic E-state index is 13.4. The first-order chi connectivity index (χ1) is 26.7. The van der Waals surface area contributed by atoms with Gasteiger partial charge >= 0.3 is 5.63 Å². The molecule has 0 spiro atoms. The zero-order valence-corrected chi connectivity index (χ0v) is 28.9. The molecule has 0 unspecified atom stereocenters. The first-order valence-electron chi connectivity index (χ1n) is 18.2. The summed E-state index contributed by atoms with van der Waals surface area (Å²) < 4.78 is 12.9. The molecule has 0 amide bonds. The Morgan fingerprint density at radius 3 is 1.65 bits per heavy atom. The van der Waals surface area contributed by atoms with Crippen LogP contribution in [0.3, 0.4) is 0 Å². The molecule has 4 aromatic heterocycles. The average Bonchev–Trinajstić information content (AvgIpc) is 3.86. The van der Waals surface area contributed by atoms with Crippen LogP contribution in [0, 0.1) is 0 Å². The fraction of sp³-hybridized carbons (Fsp3) is 0. The van der Waals surface area contributed by atoms with E-state index in [0.29, 0.717) is 11.0 Å². The van der Waals surface area contributed by atoms with Crippen molar-refractivity contribution in [2.24, 2.45) is 0 Å². The lowest BCUT2D eigenvalue weighted by Crippen LogP contribution is -2.02. The normalized spacial score (nSPS) is 12.1. The van der Waals surface area contributed by atoms with Gasteiger partial charge in [0.2, 0.25) is 0 Å². The Bertz CT molecular complexity index is 3580. The fourth-order valence-electron chi connectivity index (χ4n) is 9.02. The van der Waals surface area contributed by atoms with Gasteiger partial charge in [0.25, 0.3) is 0 Å². The first kappa shape index (κ1) is 29.2. The molecule has 5 heteroatoms. The van der Waals surface area contributed by atoms with Gasteiger partial charge in [-0.25, -0.2) is 4.79 Å². The second-order valence-corrected chi connectivity index (χ2v) is 14.1. The molecule has 252 valence electrons. The largest absolute Gasteiger partial charge is 0.422 e. The van der Waals surface area contributed by atoms with Gasteiger partial charge in [-0.3, -0.25) is 0 Å². The van der Waals surface area contributed by atoms with Crippen molar-refractivity contribution in [1.29, 1.82) is 0 Å². The van der Waals surface area contributed by atoms with Crippen LogP contribution in [0.2, 0.25) is 0 Å². The topological polar surface area (TPSA) is 45.0 Å². The van der Waals surface area contributed by atoms with E-state index in [9.17, 15) is 4.79 Å². The molecule has 54 heavy (non-hydrogen) atoms. The predicted octanol–water partition coefficient (Wildman–Crippen LogP) is 12.2. The van der Waals surface area contributed by atoms with Crippen molar-refractivity contribution in [2.45, 2.75) is 0 Å². The highest BCUT2D eigenvalue weighted by atomic mass is 16.4. The molecule has 0 aliphatic heterocycles. The van der Waals surface area contributed by atoms with Crippen LogP contribution in [-0.4, -0.2) is 13.7 Å². The third kappa shape index (κ3) is 3.90. The highest BCUT2D eigenvalue weighted by Crippen LogP contribution is 2.43. The minimum atomic E-state index is -0.335. The monoisotopic (exact) mass is 691 g/mol. The molecule has 12 aromatic rings. The van der Waals surface area contributed by atoms with E-state index in [1.165, 1.54) is 32.6 Å². The molecule has 0 aliphatic rings. The fourth-order valence-corrected chi connectivity index (χ4v) is 9.02. The summed E-state index contributed by atoms with van der Waals surface area (Å²) in [7, 11) is 0. The zero-order chi connectivity index (χ0) is 35.5. The average molecular weight is 692 g/mol. The summed E-state index contributed by atoms with van der Waals surface area (Å²) in [5.74, 6) is 0. The summed E-state index contributed by atoms with van der Waals surface area (Å²) in [5.41, 5.74) is 10.2. The number of rotatable bonds is 3. The summed E-state index contributed by atoms with van der Waals surface area (Å²) in [4.78, 5) is 13.4. The van der Waals surface area contributed by atoms with Crippen molar-refractivity contribution in [3.05, 3.63) is 186 Å². The van der Waals surface area contributed by atoms with Gasteiger partial charge in [0.15, 0.2) is 0 Å². The van der Waals surface area contributed by atoms with Crippen molar-refractivity contribution in [1.82, 2.24) is 13.7 Å². The number of aromatic nitrogens is 3. The molecule has 0 fully saturated rings. The highest BCUT2D eigenvalue weighted by Gasteiger charge is 2.22. The Kier molecular flexibility index (Phi) is 5.86. The molecule has 0 aliphatic carbocycles. The number of fused-ring (bicyclic) bond motifs is 13. The summed E-state index contributed by atoms with van der Waals surface area (Å²) in [5, 5.41) is 9.51. The van der Waals surface area contributed by atoms with E-state index in [4.69, 9.17) is 4.42 Å². The summed E-state index contributed by atoms with van der Waals surface area (Å²) in [6.45, 7) is 0. The van der Waals surface area contributed by atoms with Crippen LogP contribution in [0.4, 0.5) is 0 Å². The van der Waals surface area contributed by atoms with Gasteiger partial charge in [-0.1, -0.05) is 103 Å². The molecule has 12 rings (SSSR count). The molecule has 0 bridgehead atoms. The van der Waals surface area contributed by atoms with Gasteiger partial charge < -0.3 is 18.1 Å². The maximum absolute atomic E-state index is 13.4. The van der Waals surface area contributed by atoms with E-state index in [-0.39, 0.29) is 5.63 Å². The minimum absolute atomic E-state index is 0.335. The lowest BCUT2D eigenvalue weighted by Gasteiger charge is -2.12. The Labute approximate surface area is 307 Å². The lowest BCUT2D eigenvalue weighted by atomic mass is 10.1. The Morgan fingerprint density at radius 2 is 0.852 bits per heavy atom. The second kappa shape index (κ2) is 10.8. The van der Waals surface area contributed by atoms with Crippen molar-refractivity contribution >= 4 is 87.2 Å². The minimum Gasteiger partial charge on any atom is -0.422 e. The van der Waals surface area contributed by atoms with Gasteiger partial charge in [-0.05, 0) is 72.8 Å². The van der Waals surface area contributed by atoms with Crippen molar-refractivity contribution < 1.29 is 4.42 Å². The van der Waals surface area contributed by atoms with E-state index < -0.39 is 0 Å². The molecule has 0 saturated carbocycles. The third-order valence-corrected chi connectivity index (χ3v) is 11.3. The molecule has 0 saturated heterocycles.